The van der Waals surface area contributed by atoms with Crippen LogP contribution in [0.25, 0.3) is 0 Å². The second-order valence-corrected chi connectivity index (χ2v) is 7.05. The summed E-state index contributed by atoms with van der Waals surface area (Å²) >= 11 is 0. The van der Waals surface area contributed by atoms with Crippen LogP contribution in [0.15, 0.2) is 18.2 Å². The van der Waals surface area contributed by atoms with E-state index >= 15 is 0 Å². The molecule has 1 fully saturated rings. The zero-order valence-electron chi connectivity index (χ0n) is 12.4. The highest BCUT2D eigenvalue weighted by atomic mass is 16.5. The average Bonchev–Trinajstić information content (AvgIpc) is 2.60. The maximum Gasteiger partial charge on any atom is 0.161 e. The van der Waals surface area contributed by atoms with Crippen molar-refractivity contribution >= 4 is 0 Å². The van der Waals surface area contributed by atoms with Crippen molar-refractivity contribution in [3.05, 3.63) is 23.8 Å². The SMILES string of the molecule is CC1(C)CCC(Oc2cc(C(C)(C)N)ccc2O)C1. The molecule has 0 aliphatic heterocycles. The third-order valence-corrected chi connectivity index (χ3v) is 3.92. The Kier molecular flexibility index (Phi) is 3.52. The molecule has 1 aliphatic carbocycles. The molecule has 1 atom stereocenters. The van der Waals surface area contributed by atoms with E-state index in [4.69, 9.17) is 10.5 Å². The fourth-order valence-corrected chi connectivity index (χ4v) is 2.66. The summed E-state index contributed by atoms with van der Waals surface area (Å²) in [5, 5.41) is 9.93. The summed E-state index contributed by atoms with van der Waals surface area (Å²) in [6, 6.07) is 5.38. The highest BCUT2D eigenvalue weighted by Gasteiger charge is 2.32. The van der Waals surface area contributed by atoms with Gasteiger partial charge in [-0.1, -0.05) is 19.9 Å². The molecule has 1 aromatic rings. The minimum absolute atomic E-state index is 0.192. The van der Waals surface area contributed by atoms with Gasteiger partial charge in [-0.15, -0.1) is 0 Å². The van der Waals surface area contributed by atoms with E-state index in [-0.39, 0.29) is 11.9 Å². The summed E-state index contributed by atoms with van der Waals surface area (Å²) in [5.74, 6) is 0.747. The summed E-state index contributed by atoms with van der Waals surface area (Å²) in [6.45, 7) is 8.41. The van der Waals surface area contributed by atoms with Crippen molar-refractivity contribution in [3.63, 3.8) is 0 Å². The monoisotopic (exact) mass is 263 g/mol. The Balaban J connectivity index is 2.16. The predicted octanol–water partition coefficient (Wildman–Crippen LogP) is 3.54. The van der Waals surface area contributed by atoms with Crippen LogP contribution < -0.4 is 10.5 Å². The lowest BCUT2D eigenvalue weighted by molar-refractivity contribution is 0.186. The third kappa shape index (κ3) is 3.41. The van der Waals surface area contributed by atoms with E-state index in [2.05, 4.69) is 13.8 Å². The van der Waals surface area contributed by atoms with Gasteiger partial charge in [-0.3, -0.25) is 0 Å². The van der Waals surface area contributed by atoms with Crippen LogP contribution in [0, 0.1) is 5.41 Å². The van der Waals surface area contributed by atoms with Gasteiger partial charge in [-0.25, -0.2) is 0 Å². The van der Waals surface area contributed by atoms with Crippen LogP contribution in [0.4, 0.5) is 0 Å². The molecule has 3 N–H and O–H groups in total. The molecule has 3 nitrogen and oxygen atoms in total. The van der Waals surface area contributed by atoms with E-state index in [0.717, 1.165) is 18.4 Å². The molecule has 1 unspecified atom stereocenters. The third-order valence-electron chi connectivity index (χ3n) is 3.92. The van der Waals surface area contributed by atoms with E-state index in [9.17, 15) is 5.11 Å². The van der Waals surface area contributed by atoms with Crippen molar-refractivity contribution in [3.8, 4) is 11.5 Å². The Hall–Kier alpha value is -1.22. The van der Waals surface area contributed by atoms with E-state index < -0.39 is 5.54 Å². The second kappa shape index (κ2) is 4.71. The van der Waals surface area contributed by atoms with Gasteiger partial charge in [0, 0.05) is 5.54 Å². The molecular weight excluding hydrogens is 238 g/mol. The number of aromatic hydroxyl groups is 1. The molecule has 1 aromatic carbocycles. The van der Waals surface area contributed by atoms with Gasteiger partial charge in [0.25, 0.3) is 0 Å². The fourth-order valence-electron chi connectivity index (χ4n) is 2.66. The van der Waals surface area contributed by atoms with Crippen LogP contribution in [-0.2, 0) is 5.54 Å². The maximum atomic E-state index is 9.93. The van der Waals surface area contributed by atoms with Crippen LogP contribution in [0.3, 0.4) is 0 Å². The molecule has 19 heavy (non-hydrogen) atoms. The van der Waals surface area contributed by atoms with Gasteiger partial charge in [-0.05, 0) is 56.2 Å². The van der Waals surface area contributed by atoms with Gasteiger partial charge in [0.05, 0.1) is 6.10 Å². The molecule has 106 valence electrons. The predicted molar refractivity (Wildman–Crippen MR) is 77.4 cm³/mol. The number of nitrogens with two attached hydrogens (primary N) is 1. The number of benzene rings is 1. The van der Waals surface area contributed by atoms with Crippen molar-refractivity contribution < 1.29 is 9.84 Å². The zero-order valence-corrected chi connectivity index (χ0v) is 12.4. The Morgan fingerprint density at radius 1 is 1.37 bits per heavy atom. The topological polar surface area (TPSA) is 55.5 Å². The number of ether oxygens (including phenoxy) is 1. The first-order valence-corrected chi connectivity index (χ1v) is 6.96. The molecule has 0 amide bonds. The van der Waals surface area contributed by atoms with Crippen LogP contribution in [0.2, 0.25) is 0 Å². The van der Waals surface area contributed by atoms with Gasteiger partial charge in [0.1, 0.15) is 0 Å². The molecule has 0 spiro atoms. The molecule has 0 saturated heterocycles. The molecular formula is C16H25NO2. The van der Waals surface area contributed by atoms with Crippen molar-refractivity contribution in [2.45, 2.75) is 58.6 Å². The van der Waals surface area contributed by atoms with Crippen LogP contribution in [0.5, 0.6) is 11.5 Å². The largest absolute Gasteiger partial charge is 0.504 e. The van der Waals surface area contributed by atoms with Crippen molar-refractivity contribution in [1.82, 2.24) is 0 Å². The molecule has 3 heteroatoms. The molecule has 0 heterocycles. The van der Waals surface area contributed by atoms with Crippen molar-refractivity contribution in [2.75, 3.05) is 0 Å². The first-order valence-electron chi connectivity index (χ1n) is 6.96. The zero-order chi connectivity index (χ0) is 14.3. The van der Waals surface area contributed by atoms with Crippen LogP contribution >= 0.6 is 0 Å². The maximum absolute atomic E-state index is 9.93. The number of rotatable bonds is 3. The number of phenolic OH excluding ortho intramolecular Hbond substituents is 1. The van der Waals surface area contributed by atoms with Crippen molar-refractivity contribution in [1.29, 1.82) is 0 Å². The molecule has 0 bridgehead atoms. The lowest BCUT2D eigenvalue weighted by Gasteiger charge is -2.22. The van der Waals surface area contributed by atoms with E-state index in [1.165, 1.54) is 6.42 Å². The highest BCUT2D eigenvalue weighted by Crippen LogP contribution is 2.40. The molecule has 2 rings (SSSR count). The fraction of sp³-hybridized carbons (Fsp3) is 0.625. The van der Waals surface area contributed by atoms with Crippen LogP contribution in [0.1, 0.15) is 52.5 Å². The van der Waals surface area contributed by atoms with Crippen molar-refractivity contribution in [2.24, 2.45) is 11.1 Å². The Labute approximate surface area is 115 Å². The van der Waals surface area contributed by atoms with Gasteiger partial charge < -0.3 is 15.6 Å². The number of phenols is 1. The van der Waals surface area contributed by atoms with E-state index in [1.54, 1.807) is 6.07 Å². The normalized spacial score (nSPS) is 22.5. The Morgan fingerprint density at radius 2 is 2.05 bits per heavy atom. The minimum atomic E-state index is -0.430. The quantitative estimate of drug-likeness (QED) is 0.877. The molecule has 1 saturated carbocycles. The number of hydrogen-bond donors (Lipinski definition) is 2. The molecule has 0 aromatic heterocycles. The summed E-state index contributed by atoms with van der Waals surface area (Å²) in [4.78, 5) is 0. The first-order chi connectivity index (χ1) is 8.67. The minimum Gasteiger partial charge on any atom is -0.504 e. The van der Waals surface area contributed by atoms with Gasteiger partial charge >= 0.3 is 0 Å². The summed E-state index contributed by atoms with van der Waals surface area (Å²) < 4.78 is 5.97. The Bertz CT molecular complexity index is 460. The highest BCUT2D eigenvalue weighted by molar-refractivity contribution is 5.43. The van der Waals surface area contributed by atoms with E-state index in [1.807, 2.05) is 26.0 Å². The molecule has 1 aliphatic rings. The van der Waals surface area contributed by atoms with E-state index in [0.29, 0.717) is 11.2 Å². The van der Waals surface area contributed by atoms with Gasteiger partial charge in [-0.2, -0.15) is 0 Å². The summed E-state index contributed by atoms with van der Waals surface area (Å²) in [6.07, 6.45) is 3.43. The Morgan fingerprint density at radius 3 is 2.58 bits per heavy atom. The summed E-state index contributed by atoms with van der Waals surface area (Å²) in [7, 11) is 0. The van der Waals surface area contributed by atoms with Gasteiger partial charge in [0.15, 0.2) is 11.5 Å². The lowest BCUT2D eigenvalue weighted by atomic mass is 9.92. The summed E-state index contributed by atoms with van der Waals surface area (Å²) in [5.41, 5.74) is 6.97. The number of hydrogen-bond acceptors (Lipinski definition) is 3. The first kappa shape index (κ1) is 14.2. The lowest BCUT2D eigenvalue weighted by Crippen LogP contribution is -2.28. The van der Waals surface area contributed by atoms with Gasteiger partial charge in [0.2, 0.25) is 0 Å². The average molecular weight is 263 g/mol. The standard InChI is InChI=1S/C16H25NO2/c1-15(2)8-7-12(10-15)19-14-9-11(16(3,4)17)5-6-13(14)18/h5-6,9,12,18H,7-8,10,17H2,1-4H3. The van der Waals surface area contributed by atoms with Crippen LogP contribution in [-0.4, -0.2) is 11.2 Å². The molecule has 0 radical (unpaired) electrons. The second-order valence-electron chi connectivity index (χ2n) is 7.05. The smallest absolute Gasteiger partial charge is 0.161 e.